The maximum Gasteiger partial charge on any atom is 0.220 e. The molecule has 1 saturated heterocycles. The minimum atomic E-state index is -0.227. The van der Waals surface area contributed by atoms with Crippen molar-refractivity contribution in [2.24, 2.45) is 11.7 Å². The van der Waals surface area contributed by atoms with E-state index in [1.165, 1.54) is 6.07 Å². The summed E-state index contributed by atoms with van der Waals surface area (Å²) in [6, 6.07) is 5.14. The number of nitrogens with two attached hydrogens (primary N) is 1. The quantitative estimate of drug-likeness (QED) is 0.861. The number of piperidine rings is 1. The largest absolute Gasteiger partial charge is 0.371 e. The van der Waals surface area contributed by atoms with Crippen LogP contribution in [0.15, 0.2) is 18.2 Å². The van der Waals surface area contributed by atoms with Crippen molar-refractivity contribution < 1.29 is 9.18 Å². The van der Waals surface area contributed by atoms with Gasteiger partial charge in [0.2, 0.25) is 5.91 Å². The van der Waals surface area contributed by atoms with E-state index < -0.39 is 0 Å². The van der Waals surface area contributed by atoms with E-state index in [4.69, 9.17) is 5.73 Å². The van der Waals surface area contributed by atoms with Crippen molar-refractivity contribution in [1.82, 2.24) is 5.32 Å². The van der Waals surface area contributed by atoms with Crippen LogP contribution in [-0.4, -0.2) is 26.0 Å². The Kier molecular flexibility index (Phi) is 4.37. The summed E-state index contributed by atoms with van der Waals surface area (Å²) in [7, 11) is 1.80. The van der Waals surface area contributed by atoms with Crippen LogP contribution in [0.25, 0.3) is 0 Å². The summed E-state index contributed by atoms with van der Waals surface area (Å²) in [4.78, 5) is 13.3. The molecule has 1 amide bonds. The number of hydrogen-bond acceptors (Lipinski definition) is 3. The summed E-state index contributed by atoms with van der Waals surface area (Å²) in [5.41, 5.74) is 6.92. The number of hydrogen-bond donors (Lipinski definition) is 2. The lowest BCUT2D eigenvalue weighted by atomic mass is 9.95. The van der Waals surface area contributed by atoms with Gasteiger partial charge in [0.1, 0.15) is 5.82 Å². The molecule has 3 N–H and O–H groups in total. The third-order valence-electron chi connectivity index (χ3n) is 3.69. The highest BCUT2D eigenvalue weighted by Gasteiger charge is 2.24. The highest BCUT2D eigenvalue weighted by molar-refractivity contribution is 5.77. The number of nitrogens with zero attached hydrogens (tertiary/aromatic N) is 1. The van der Waals surface area contributed by atoms with Crippen LogP contribution in [0.5, 0.6) is 0 Å². The monoisotopic (exact) mass is 265 g/mol. The van der Waals surface area contributed by atoms with Crippen LogP contribution in [-0.2, 0) is 11.3 Å². The zero-order valence-electron chi connectivity index (χ0n) is 11.2. The molecule has 0 spiro atoms. The van der Waals surface area contributed by atoms with Crippen LogP contribution in [0.3, 0.4) is 0 Å². The molecule has 5 heteroatoms. The number of primary amides is 1. The average Bonchev–Trinajstić information content (AvgIpc) is 2.41. The second kappa shape index (κ2) is 6.02. The van der Waals surface area contributed by atoms with Crippen molar-refractivity contribution >= 4 is 11.6 Å². The number of anilines is 1. The van der Waals surface area contributed by atoms with E-state index in [9.17, 15) is 9.18 Å². The molecular formula is C14H20FN3O. The second-order valence-corrected chi connectivity index (χ2v) is 4.93. The van der Waals surface area contributed by atoms with Crippen LogP contribution < -0.4 is 16.0 Å². The molecule has 0 radical (unpaired) electrons. The molecule has 0 saturated carbocycles. The van der Waals surface area contributed by atoms with Crippen molar-refractivity contribution in [1.29, 1.82) is 0 Å². The lowest BCUT2D eigenvalue weighted by molar-refractivity contribution is -0.122. The molecule has 0 aliphatic carbocycles. The summed E-state index contributed by atoms with van der Waals surface area (Å²) in [6.45, 7) is 1.99. The molecule has 0 atom stereocenters. The molecule has 19 heavy (non-hydrogen) atoms. The Morgan fingerprint density at radius 3 is 2.74 bits per heavy atom. The minimum Gasteiger partial charge on any atom is -0.371 e. The Labute approximate surface area is 112 Å². The van der Waals surface area contributed by atoms with Crippen LogP contribution in [0.1, 0.15) is 18.4 Å². The molecule has 0 bridgehead atoms. The topological polar surface area (TPSA) is 58.4 Å². The zero-order valence-corrected chi connectivity index (χ0v) is 11.2. The molecule has 1 aromatic rings. The highest BCUT2D eigenvalue weighted by atomic mass is 19.1. The van der Waals surface area contributed by atoms with Crippen LogP contribution in [0.2, 0.25) is 0 Å². The summed E-state index contributed by atoms with van der Waals surface area (Å²) in [5, 5.41) is 2.99. The first kappa shape index (κ1) is 13.8. The Bertz CT molecular complexity index is 456. The Morgan fingerprint density at radius 1 is 1.47 bits per heavy atom. The molecule has 1 aliphatic heterocycles. The average molecular weight is 265 g/mol. The van der Waals surface area contributed by atoms with Gasteiger partial charge in [-0.1, -0.05) is 6.07 Å². The van der Waals surface area contributed by atoms with Crippen LogP contribution in [0.4, 0.5) is 10.1 Å². The number of rotatable bonds is 4. The fourth-order valence-electron chi connectivity index (χ4n) is 2.60. The van der Waals surface area contributed by atoms with Crippen molar-refractivity contribution in [3.8, 4) is 0 Å². The number of carbonyl (C=O) groups is 1. The Balaban J connectivity index is 2.15. The van der Waals surface area contributed by atoms with E-state index in [1.807, 2.05) is 6.07 Å². The Hall–Kier alpha value is -1.62. The number of carbonyl (C=O) groups excluding carboxylic acids is 1. The molecule has 1 aliphatic rings. The van der Waals surface area contributed by atoms with E-state index in [0.717, 1.165) is 31.6 Å². The van der Waals surface area contributed by atoms with E-state index in [-0.39, 0.29) is 17.6 Å². The molecule has 4 nitrogen and oxygen atoms in total. The van der Waals surface area contributed by atoms with E-state index in [0.29, 0.717) is 12.1 Å². The molecule has 0 unspecified atom stereocenters. The van der Waals surface area contributed by atoms with Gasteiger partial charge in [0.05, 0.1) is 0 Å². The lowest BCUT2D eigenvalue weighted by Crippen LogP contribution is -2.39. The fourth-order valence-corrected chi connectivity index (χ4v) is 2.60. The predicted octanol–water partition coefficient (Wildman–Crippen LogP) is 1.25. The summed E-state index contributed by atoms with van der Waals surface area (Å²) in [5.74, 6) is -0.462. The minimum absolute atomic E-state index is 0.0439. The fraction of sp³-hybridized carbons (Fsp3) is 0.500. The van der Waals surface area contributed by atoms with Gasteiger partial charge in [-0.2, -0.15) is 0 Å². The number of benzene rings is 1. The third kappa shape index (κ3) is 3.04. The summed E-state index contributed by atoms with van der Waals surface area (Å²) >= 11 is 0. The molecule has 1 heterocycles. The second-order valence-electron chi connectivity index (χ2n) is 4.93. The number of nitrogens with one attached hydrogen (secondary N) is 1. The summed E-state index contributed by atoms with van der Waals surface area (Å²) in [6.07, 6.45) is 1.48. The van der Waals surface area contributed by atoms with Crippen molar-refractivity contribution in [2.45, 2.75) is 19.4 Å². The smallest absolute Gasteiger partial charge is 0.220 e. The first-order valence-corrected chi connectivity index (χ1v) is 6.59. The van der Waals surface area contributed by atoms with Gasteiger partial charge in [0.25, 0.3) is 0 Å². The van der Waals surface area contributed by atoms with Crippen molar-refractivity contribution in [3.05, 3.63) is 29.6 Å². The molecule has 1 aromatic carbocycles. The lowest BCUT2D eigenvalue weighted by Gasteiger charge is -2.33. The van der Waals surface area contributed by atoms with Crippen molar-refractivity contribution in [2.75, 3.05) is 25.0 Å². The highest BCUT2D eigenvalue weighted by Crippen LogP contribution is 2.27. The van der Waals surface area contributed by atoms with Gasteiger partial charge in [-0.3, -0.25) is 4.79 Å². The van der Waals surface area contributed by atoms with Gasteiger partial charge in [-0.05, 0) is 32.0 Å². The molecular weight excluding hydrogens is 245 g/mol. The molecule has 2 rings (SSSR count). The molecule has 0 aromatic heterocycles. The van der Waals surface area contributed by atoms with Gasteiger partial charge in [-0.15, -0.1) is 0 Å². The van der Waals surface area contributed by atoms with Gasteiger partial charge in [-0.25, -0.2) is 4.39 Å². The van der Waals surface area contributed by atoms with Crippen LogP contribution in [0, 0.1) is 11.7 Å². The molecule has 1 fully saturated rings. The SMILES string of the molecule is CNCc1c(F)cccc1N1CCC(C(N)=O)CC1. The first-order valence-electron chi connectivity index (χ1n) is 6.59. The van der Waals surface area contributed by atoms with Gasteiger partial charge in [0, 0.05) is 36.8 Å². The predicted molar refractivity (Wildman–Crippen MR) is 73.3 cm³/mol. The maximum absolute atomic E-state index is 13.9. The van der Waals surface area contributed by atoms with Gasteiger partial charge >= 0.3 is 0 Å². The standard InChI is InChI=1S/C14H20FN3O/c1-17-9-11-12(15)3-2-4-13(11)18-7-5-10(6-8-18)14(16)19/h2-4,10,17H,5-9H2,1H3,(H2,16,19). The van der Waals surface area contributed by atoms with Gasteiger partial charge in [0.15, 0.2) is 0 Å². The third-order valence-corrected chi connectivity index (χ3v) is 3.69. The van der Waals surface area contributed by atoms with E-state index in [2.05, 4.69) is 10.2 Å². The van der Waals surface area contributed by atoms with E-state index in [1.54, 1.807) is 13.1 Å². The number of halogens is 1. The molecule has 104 valence electrons. The zero-order chi connectivity index (χ0) is 13.8. The van der Waals surface area contributed by atoms with Crippen molar-refractivity contribution in [3.63, 3.8) is 0 Å². The Morgan fingerprint density at radius 2 is 2.16 bits per heavy atom. The maximum atomic E-state index is 13.9. The van der Waals surface area contributed by atoms with E-state index >= 15 is 0 Å². The van der Waals surface area contributed by atoms with Gasteiger partial charge < -0.3 is 16.0 Å². The first-order chi connectivity index (χ1) is 9.13. The number of amides is 1. The van der Waals surface area contributed by atoms with Crippen LogP contribution >= 0.6 is 0 Å². The normalized spacial score (nSPS) is 16.6. The summed E-state index contributed by atoms with van der Waals surface area (Å²) < 4.78 is 13.9.